The predicted molar refractivity (Wildman–Crippen MR) is 247 cm³/mol. The molecule has 67 heavy (non-hydrogen) atoms. The maximum Gasteiger partial charge on any atom is 0.308 e. The summed E-state index contributed by atoms with van der Waals surface area (Å²) in [6, 6.07) is 8.91. The maximum atomic E-state index is 13.8. The molecule has 17 nitrogen and oxygen atoms in total. The SMILES string of the molecule is CC[C@H]1OC(=O)C[C@@H](O)[C@H](C)[C@@H](O[C@@H]2O[C@H](O)[C@@H](OC/C=C/c3cnc4ccccc4c3)[C@H](N(C)C)[C@H]2O)[C@@H](CC=O)C[C@@H](C)C(=O)/C=C/C(C)=C/[C@@H]1COC1O[C@H](C)[C@@H](O)[C@@H](OC)[C@H]1OC. The number of benzene rings is 1. The number of fused-ring (bicyclic) bond motifs is 1. The molecule has 0 amide bonds. The van der Waals surface area contributed by atoms with E-state index in [0.717, 1.165) is 16.5 Å². The zero-order valence-corrected chi connectivity index (χ0v) is 40.2. The van der Waals surface area contributed by atoms with Crippen LogP contribution in [0.1, 0.15) is 65.9 Å². The summed E-state index contributed by atoms with van der Waals surface area (Å²) in [5.41, 5.74) is 2.41. The molecule has 5 rings (SSSR count). The first-order valence-electron chi connectivity index (χ1n) is 23.2. The van der Waals surface area contributed by atoms with Crippen LogP contribution >= 0.6 is 0 Å². The third kappa shape index (κ3) is 14.1. The van der Waals surface area contributed by atoms with Gasteiger partial charge in [-0.2, -0.15) is 0 Å². The average Bonchev–Trinajstić information content (AvgIpc) is 3.30. The molecule has 2 saturated heterocycles. The molecule has 4 N–H and O–H groups in total. The smallest absolute Gasteiger partial charge is 0.308 e. The van der Waals surface area contributed by atoms with E-state index >= 15 is 0 Å². The van der Waals surface area contributed by atoms with Crippen molar-refractivity contribution >= 4 is 35.0 Å². The summed E-state index contributed by atoms with van der Waals surface area (Å²) < 4.78 is 48.0. The largest absolute Gasteiger partial charge is 0.462 e. The van der Waals surface area contributed by atoms with Gasteiger partial charge in [0, 0.05) is 50.0 Å². The highest BCUT2D eigenvalue weighted by Crippen LogP contribution is 2.35. The fourth-order valence-corrected chi connectivity index (χ4v) is 9.26. The Morgan fingerprint density at radius 2 is 1.64 bits per heavy atom. The van der Waals surface area contributed by atoms with Crippen molar-refractivity contribution in [3.05, 3.63) is 72.0 Å². The van der Waals surface area contributed by atoms with E-state index in [1.165, 1.54) is 20.3 Å². The molecule has 2 aromatic rings. The van der Waals surface area contributed by atoms with Gasteiger partial charge in [-0.05, 0) is 70.5 Å². The molecule has 0 bridgehead atoms. The van der Waals surface area contributed by atoms with E-state index in [0.29, 0.717) is 18.3 Å². The fraction of sp³-hybridized carbons (Fsp3) is 0.640. The Hall–Kier alpha value is -3.82. The lowest BCUT2D eigenvalue weighted by Crippen LogP contribution is -2.64. The highest BCUT2D eigenvalue weighted by Gasteiger charge is 2.50. The van der Waals surface area contributed by atoms with Crippen molar-refractivity contribution in [1.29, 1.82) is 0 Å². The molecule has 2 fully saturated rings. The van der Waals surface area contributed by atoms with Gasteiger partial charge in [0.25, 0.3) is 0 Å². The van der Waals surface area contributed by atoms with Gasteiger partial charge in [0.2, 0.25) is 0 Å². The number of rotatable bonds is 15. The number of aliphatic hydroxyl groups excluding tert-OH is 4. The lowest BCUT2D eigenvalue weighted by molar-refractivity contribution is -0.349. The Morgan fingerprint density at radius 3 is 2.33 bits per heavy atom. The van der Waals surface area contributed by atoms with Gasteiger partial charge in [-0.1, -0.05) is 68.8 Å². The van der Waals surface area contributed by atoms with Gasteiger partial charge >= 0.3 is 5.97 Å². The van der Waals surface area contributed by atoms with Crippen LogP contribution in [-0.4, -0.2) is 170 Å². The number of carbonyl (C=O) groups excluding carboxylic acids is 3. The van der Waals surface area contributed by atoms with Gasteiger partial charge in [-0.25, -0.2) is 0 Å². The quantitative estimate of drug-likeness (QED) is 0.147. The number of cyclic esters (lactones) is 1. The molecule has 372 valence electrons. The molecule has 0 saturated carbocycles. The van der Waals surface area contributed by atoms with Crippen LogP contribution in [0, 0.1) is 23.7 Å². The Labute approximate surface area is 394 Å². The van der Waals surface area contributed by atoms with Gasteiger partial charge in [-0.15, -0.1) is 0 Å². The number of aromatic nitrogens is 1. The monoisotopic (exact) mass is 940 g/mol. The number of hydrogen-bond acceptors (Lipinski definition) is 17. The zero-order valence-electron chi connectivity index (χ0n) is 40.2. The van der Waals surface area contributed by atoms with Crippen LogP contribution in [0.5, 0.6) is 0 Å². The molecule has 3 aliphatic heterocycles. The maximum absolute atomic E-state index is 13.8. The number of allylic oxidation sites excluding steroid dienone is 3. The van der Waals surface area contributed by atoms with Crippen LogP contribution in [0.15, 0.2) is 66.4 Å². The van der Waals surface area contributed by atoms with Crippen molar-refractivity contribution in [3.63, 3.8) is 0 Å². The first kappa shape index (κ1) is 54.1. The number of esters is 1. The standard InChI is InChI=1S/C50H72N2O15/c1-10-39-35(27-63-50-47(61-9)46(60-8)42(57)31(5)64-50)22-28(2)17-18-37(54)29(3)23-34(19-20-53)44(30(4)38(55)25-40(56)65-39)66-49-43(58)41(52(6)7)45(48(59)67-49)62-21-13-14-32-24-33-15-11-12-16-36(33)51-26-32/h11-18,20,22,24,26,29-31,34-35,38-39,41-50,55,57-59H,10,19,21,23,25,27H2,1-9H3/b14-13+,18-17+,28-22+/t29-,30+,31-,34+,35-,38-,39-,41-,42-,43-,44-,45+,46-,47-,48+,49-,50?/m1/s1. The number of likely N-dealkylation sites (N-methyl/N-ethyl adjacent to an activating group) is 1. The molecule has 1 aromatic carbocycles. The molecular weight excluding hydrogens is 869 g/mol. The first-order chi connectivity index (χ1) is 32.0. The number of ether oxygens (including phenoxy) is 8. The van der Waals surface area contributed by atoms with Crippen LogP contribution < -0.4 is 0 Å². The van der Waals surface area contributed by atoms with E-state index in [1.807, 2.05) is 49.4 Å². The van der Waals surface area contributed by atoms with Crippen LogP contribution in [0.25, 0.3) is 17.0 Å². The average molecular weight is 941 g/mol. The minimum atomic E-state index is -1.58. The van der Waals surface area contributed by atoms with Crippen molar-refractivity contribution in [1.82, 2.24) is 9.88 Å². The second kappa shape index (κ2) is 25.7. The topological polar surface area (TPSA) is 222 Å². The second-order valence-electron chi connectivity index (χ2n) is 18.2. The number of nitrogens with zero attached hydrogens (tertiary/aromatic N) is 2. The molecule has 17 atom stereocenters. The summed E-state index contributed by atoms with van der Waals surface area (Å²) in [5, 5.41) is 46.7. The number of carbonyl (C=O) groups is 3. The van der Waals surface area contributed by atoms with Crippen molar-refractivity contribution < 1.29 is 72.7 Å². The molecule has 3 aliphatic rings. The zero-order chi connectivity index (χ0) is 48.9. The number of aliphatic hydroxyl groups is 4. The summed E-state index contributed by atoms with van der Waals surface area (Å²) >= 11 is 0. The lowest BCUT2D eigenvalue weighted by atomic mass is 9.79. The minimum absolute atomic E-state index is 0.0114. The Bertz CT molecular complexity index is 1990. The second-order valence-corrected chi connectivity index (χ2v) is 18.2. The molecule has 0 aliphatic carbocycles. The number of hydrogen-bond donors (Lipinski definition) is 4. The van der Waals surface area contributed by atoms with Crippen molar-refractivity contribution in [2.75, 3.05) is 41.5 Å². The predicted octanol–water partition coefficient (Wildman–Crippen LogP) is 3.78. The number of ketones is 1. The van der Waals surface area contributed by atoms with Gasteiger partial charge in [0.15, 0.2) is 24.7 Å². The normalized spacial score (nSPS) is 37.6. The van der Waals surface area contributed by atoms with E-state index in [-0.39, 0.29) is 31.8 Å². The van der Waals surface area contributed by atoms with Crippen molar-refractivity contribution in [2.24, 2.45) is 23.7 Å². The third-order valence-corrected chi connectivity index (χ3v) is 13.1. The molecule has 4 heterocycles. The van der Waals surface area contributed by atoms with Gasteiger partial charge in [0.1, 0.15) is 42.9 Å². The highest BCUT2D eigenvalue weighted by molar-refractivity contribution is 5.91. The molecule has 17 heteroatoms. The summed E-state index contributed by atoms with van der Waals surface area (Å²) in [4.78, 5) is 45.9. The molecular formula is C50H72N2O15. The van der Waals surface area contributed by atoms with Crippen molar-refractivity contribution in [2.45, 2.75) is 140 Å². The van der Waals surface area contributed by atoms with Gasteiger partial charge in [0.05, 0.1) is 49.5 Å². The van der Waals surface area contributed by atoms with Gasteiger partial charge < -0.3 is 68.0 Å². The molecule has 1 unspecified atom stereocenters. The molecule has 1 aromatic heterocycles. The lowest BCUT2D eigenvalue weighted by Gasteiger charge is -2.47. The van der Waals surface area contributed by atoms with Crippen molar-refractivity contribution in [3.8, 4) is 0 Å². The number of methoxy groups -OCH3 is 2. The summed E-state index contributed by atoms with van der Waals surface area (Å²) in [7, 11) is 6.36. The van der Waals surface area contributed by atoms with E-state index < -0.39 is 116 Å². The minimum Gasteiger partial charge on any atom is -0.462 e. The van der Waals surface area contributed by atoms with Crippen LogP contribution in [0.4, 0.5) is 0 Å². The fourth-order valence-electron chi connectivity index (χ4n) is 9.26. The Kier molecular flexibility index (Phi) is 20.8. The van der Waals surface area contributed by atoms with E-state index in [1.54, 1.807) is 65.0 Å². The van der Waals surface area contributed by atoms with E-state index in [2.05, 4.69) is 4.98 Å². The number of pyridine rings is 1. The molecule has 0 spiro atoms. The summed E-state index contributed by atoms with van der Waals surface area (Å²) in [6.07, 6.45) is -1.76. The van der Waals surface area contributed by atoms with E-state index in [4.69, 9.17) is 37.9 Å². The molecule has 0 radical (unpaired) electrons. The van der Waals surface area contributed by atoms with Gasteiger partial charge in [-0.3, -0.25) is 14.6 Å². The van der Waals surface area contributed by atoms with Crippen LogP contribution in [-0.2, 0) is 52.3 Å². The van der Waals surface area contributed by atoms with Crippen LogP contribution in [0.2, 0.25) is 0 Å². The number of aldehydes is 1. The Morgan fingerprint density at radius 1 is 0.910 bits per heavy atom. The van der Waals surface area contributed by atoms with Crippen LogP contribution in [0.3, 0.4) is 0 Å². The summed E-state index contributed by atoms with van der Waals surface area (Å²) in [5.74, 6) is -3.71. The summed E-state index contributed by atoms with van der Waals surface area (Å²) in [6.45, 7) is 8.78. The Balaban J connectivity index is 1.35. The third-order valence-electron chi connectivity index (χ3n) is 13.1. The first-order valence-corrected chi connectivity index (χ1v) is 23.2. The highest BCUT2D eigenvalue weighted by atomic mass is 16.8. The number of para-hydroxylation sites is 1. The van der Waals surface area contributed by atoms with E-state index in [9.17, 15) is 34.8 Å².